The predicted octanol–water partition coefficient (Wildman–Crippen LogP) is 3.43. The number of hydrogen-bond acceptors (Lipinski definition) is 4. The fraction of sp³-hybridized carbons (Fsp3) is 0.348. The minimum absolute atomic E-state index is 0. The van der Waals surface area contributed by atoms with Crippen molar-refractivity contribution < 1.29 is 9.59 Å². The van der Waals surface area contributed by atoms with E-state index in [9.17, 15) is 9.59 Å². The van der Waals surface area contributed by atoms with Gasteiger partial charge in [-0.25, -0.2) is 4.98 Å². The van der Waals surface area contributed by atoms with E-state index in [1.807, 2.05) is 36.4 Å². The molecule has 2 aromatic carbocycles. The number of aromatic nitrogens is 2. The van der Waals surface area contributed by atoms with E-state index < -0.39 is 0 Å². The van der Waals surface area contributed by atoms with Crippen LogP contribution in [0.25, 0.3) is 11.0 Å². The Morgan fingerprint density at radius 3 is 2.87 bits per heavy atom. The van der Waals surface area contributed by atoms with Gasteiger partial charge in [-0.15, -0.1) is 12.4 Å². The molecule has 3 aromatic rings. The minimum atomic E-state index is -0.0624. The first-order chi connectivity index (χ1) is 14.6. The van der Waals surface area contributed by atoms with Gasteiger partial charge >= 0.3 is 0 Å². The van der Waals surface area contributed by atoms with Gasteiger partial charge in [-0.2, -0.15) is 0 Å². The van der Waals surface area contributed by atoms with Crippen molar-refractivity contribution in [1.29, 1.82) is 0 Å². The Bertz CT molecular complexity index is 1100. The van der Waals surface area contributed by atoms with Crippen LogP contribution in [0.3, 0.4) is 0 Å². The first kappa shape index (κ1) is 21.3. The summed E-state index contributed by atoms with van der Waals surface area (Å²) in [6, 6.07) is 13.8. The second kappa shape index (κ2) is 8.69. The van der Waals surface area contributed by atoms with Crippen molar-refractivity contribution in [3.05, 3.63) is 59.4 Å². The van der Waals surface area contributed by atoms with Crippen molar-refractivity contribution in [2.45, 2.75) is 37.8 Å². The van der Waals surface area contributed by atoms with Crippen LogP contribution in [0.15, 0.2) is 42.5 Å². The standard InChI is InChI=1S/C23H25N5O2.ClH/c1-28-11-10-16(13-20(28)22-26-18-4-2-3-5-19(18)27-22)24-23(30)15-6-8-17-14(12-15)7-9-21(29)25-17;/h2-6,8,12,16,20H,7,9-11,13H2,1H3,(H,24,30)(H,25,29)(H,26,27);1H/t16-,20-;/m1./s1. The summed E-state index contributed by atoms with van der Waals surface area (Å²) in [5, 5.41) is 6.07. The number of rotatable bonds is 3. The maximum atomic E-state index is 12.9. The van der Waals surface area contributed by atoms with Gasteiger partial charge < -0.3 is 15.6 Å². The summed E-state index contributed by atoms with van der Waals surface area (Å²) < 4.78 is 0. The Kier molecular flexibility index (Phi) is 5.98. The Morgan fingerprint density at radius 2 is 2.03 bits per heavy atom. The monoisotopic (exact) mass is 439 g/mol. The zero-order valence-corrected chi connectivity index (χ0v) is 18.2. The first-order valence-corrected chi connectivity index (χ1v) is 10.5. The molecule has 1 saturated heterocycles. The molecule has 7 nitrogen and oxygen atoms in total. The molecule has 31 heavy (non-hydrogen) atoms. The lowest BCUT2D eigenvalue weighted by atomic mass is 9.96. The van der Waals surface area contributed by atoms with Gasteiger partial charge in [-0.3, -0.25) is 14.5 Å². The Balaban J connectivity index is 0.00000231. The van der Waals surface area contributed by atoms with Gasteiger partial charge in [0.15, 0.2) is 0 Å². The largest absolute Gasteiger partial charge is 0.349 e. The molecule has 2 aliphatic heterocycles. The number of piperidine rings is 1. The number of amides is 2. The highest BCUT2D eigenvalue weighted by molar-refractivity contribution is 5.98. The maximum absolute atomic E-state index is 12.9. The van der Waals surface area contributed by atoms with Gasteiger partial charge in [0.2, 0.25) is 5.91 Å². The number of carbonyl (C=O) groups is 2. The first-order valence-electron chi connectivity index (χ1n) is 10.5. The molecule has 2 aliphatic rings. The summed E-state index contributed by atoms with van der Waals surface area (Å²) in [5.74, 6) is 0.914. The van der Waals surface area contributed by atoms with E-state index in [1.165, 1.54) is 0 Å². The second-order valence-corrected chi connectivity index (χ2v) is 8.25. The summed E-state index contributed by atoms with van der Waals surface area (Å²) in [5.41, 5.74) is 4.48. The molecule has 8 heteroatoms. The number of hydrogen-bond donors (Lipinski definition) is 3. The highest BCUT2D eigenvalue weighted by Crippen LogP contribution is 2.30. The molecule has 0 saturated carbocycles. The van der Waals surface area contributed by atoms with Crippen LogP contribution in [0.4, 0.5) is 5.69 Å². The molecular weight excluding hydrogens is 414 g/mol. The average Bonchev–Trinajstić information content (AvgIpc) is 3.18. The number of carbonyl (C=O) groups excluding carboxylic acids is 2. The maximum Gasteiger partial charge on any atom is 0.251 e. The zero-order chi connectivity index (χ0) is 20.7. The van der Waals surface area contributed by atoms with Gasteiger partial charge in [-0.05, 0) is 62.2 Å². The van der Waals surface area contributed by atoms with Crippen molar-refractivity contribution in [2.75, 3.05) is 18.9 Å². The highest BCUT2D eigenvalue weighted by atomic mass is 35.5. The fourth-order valence-corrected chi connectivity index (χ4v) is 4.46. The highest BCUT2D eigenvalue weighted by Gasteiger charge is 2.30. The van der Waals surface area contributed by atoms with Crippen LogP contribution in [-0.4, -0.2) is 46.3 Å². The Hall–Kier alpha value is -2.90. The van der Waals surface area contributed by atoms with Crippen molar-refractivity contribution in [2.24, 2.45) is 0 Å². The second-order valence-electron chi connectivity index (χ2n) is 8.25. The smallest absolute Gasteiger partial charge is 0.251 e. The van der Waals surface area contributed by atoms with Crippen molar-refractivity contribution in [3.8, 4) is 0 Å². The number of H-pyrrole nitrogens is 1. The number of halogens is 1. The summed E-state index contributed by atoms with van der Waals surface area (Å²) in [4.78, 5) is 34.9. The van der Waals surface area contributed by atoms with Crippen LogP contribution < -0.4 is 10.6 Å². The van der Waals surface area contributed by atoms with Crippen LogP contribution in [-0.2, 0) is 11.2 Å². The van der Waals surface area contributed by atoms with E-state index in [1.54, 1.807) is 6.07 Å². The molecule has 2 amide bonds. The van der Waals surface area contributed by atoms with Gasteiger partial charge in [0.25, 0.3) is 5.91 Å². The van der Waals surface area contributed by atoms with Crippen molar-refractivity contribution in [3.63, 3.8) is 0 Å². The van der Waals surface area contributed by atoms with Crippen molar-refractivity contribution >= 4 is 40.9 Å². The predicted molar refractivity (Wildman–Crippen MR) is 123 cm³/mol. The SMILES string of the molecule is CN1CC[C@@H](NC(=O)c2ccc3c(c2)CCC(=O)N3)C[C@@H]1c1nc2ccccc2[nH]1.Cl. The topological polar surface area (TPSA) is 90.1 Å². The number of nitrogens with one attached hydrogen (secondary N) is 3. The lowest BCUT2D eigenvalue weighted by Crippen LogP contribution is -2.45. The van der Waals surface area contributed by atoms with E-state index >= 15 is 0 Å². The number of aromatic amines is 1. The van der Waals surface area contributed by atoms with E-state index in [-0.39, 0.29) is 36.3 Å². The molecule has 5 rings (SSSR count). The van der Waals surface area contributed by atoms with Crippen LogP contribution in [0.5, 0.6) is 0 Å². The van der Waals surface area contributed by atoms with E-state index in [0.29, 0.717) is 18.4 Å². The molecule has 3 N–H and O–H groups in total. The Labute approximate surface area is 187 Å². The number of imidazole rings is 1. The number of aryl methyl sites for hydroxylation is 1. The average molecular weight is 440 g/mol. The van der Waals surface area contributed by atoms with Crippen LogP contribution in [0.2, 0.25) is 0 Å². The van der Waals surface area contributed by atoms with Gasteiger partial charge in [0.1, 0.15) is 5.82 Å². The molecule has 0 aliphatic carbocycles. The van der Waals surface area contributed by atoms with E-state index in [2.05, 4.69) is 27.6 Å². The molecule has 0 spiro atoms. The lowest BCUT2D eigenvalue weighted by Gasteiger charge is -2.36. The number of para-hydroxylation sites is 2. The lowest BCUT2D eigenvalue weighted by molar-refractivity contribution is -0.116. The molecule has 2 atom stereocenters. The fourth-order valence-electron chi connectivity index (χ4n) is 4.46. The molecule has 1 aromatic heterocycles. The van der Waals surface area contributed by atoms with Crippen LogP contribution in [0.1, 0.15) is 47.1 Å². The third-order valence-corrected chi connectivity index (χ3v) is 6.19. The van der Waals surface area contributed by atoms with Gasteiger partial charge in [-0.1, -0.05) is 12.1 Å². The van der Waals surface area contributed by atoms with Gasteiger partial charge in [0.05, 0.1) is 17.1 Å². The molecule has 1 fully saturated rings. The minimum Gasteiger partial charge on any atom is -0.349 e. The number of likely N-dealkylation sites (tertiary alicyclic amines) is 1. The molecular formula is C23H26ClN5O2. The van der Waals surface area contributed by atoms with Gasteiger partial charge in [0, 0.05) is 30.3 Å². The van der Waals surface area contributed by atoms with Crippen molar-refractivity contribution in [1.82, 2.24) is 20.2 Å². The number of nitrogens with zero attached hydrogens (tertiary/aromatic N) is 2. The Morgan fingerprint density at radius 1 is 1.19 bits per heavy atom. The van der Waals surface area contributed by atoms with Crippen LogP contribution in [0, 0.1) is 0 Å². The number of anilines is 1. The molecule has 0 unspecified atom stereocenters. The normalized spacial score (nSPS) is 21.1. The van der Waals surface area contributed by atoms with E-state index in [0.717, 1.165) is 47.5 Å². The molecule has 0 bridgehead atoms. The summed E-state index contributed by atoms with van der Waals surface area (Å²) in [6.45, 7) is 0.892. The summed E-state index contributed by atoms with van der Waals surface area (Å²) >= 11 is 0. The van der Waals surface area contributed by atoms with E-state index in [4.69, 9.17) is 4.98 Å². The third kappa shape index (κ3) is 4.29. The summed E-state index contributed by atoms with van der Waals surface area (Å²) in [7, 11) is 2.10. The third-order valence-electron chi connectivity index (χ3n) is 6.19. The quantitative estimate of drug-likeness (QED) is 0.583. The summed E-state index contributed by atoms with van der Waals surface area (Å²) in [6.07, 6.45) is 2.85. The number of fused-ring (bicyclic) bond motifs is 2. The molecule has 3 heterocycles. The van der Waals surface area contributed by atoms with Crippen LogP contribution >= 0.6 is 12.4 Å². The molecule has 162 valence electrons. The zero-order valence-electron chi connectivity index (χ0n) is 17.4. The number of benzene rings is 2. The molecule has 0 radical (unpaired) electrons.